The van der Waals surface area contributed by atoms with Gasteiger partial charge in [0.15, 0.2) is 0 Å². The molecule has 0 N–H and O–H groups in total. The monoisotopic (exact) mass is 453 g/mol. The van der Waals surface area contributed by atoms with Gasteiger partial charge in [-0.2, -0.15) is 5.01 Å². The number of nitro groups is 1. The molecule has 32 heavy (non-hydrogen) atoms. The van der Waals surface area contributed by atoms with Crippen molar-refractivity contribution in [3.63, 3.8) is 0 Å². The number of hydrazine groups is 1. The number of nitrogens with zero attached hydrogens (tertiary/aromatic N) is 3. The summed E-state index contributed by atoms with van der Waals surface area (Å²) in [5.41, 5.74) is 0.149. The first-order valence-electron chi connectivity index (χ1n) is 10.5. The second-order valence-corrected chi connectivity index (χ2v) is 9.01. The minimum absolute atomic E-state index is 0.119. The number of fused-ring (bicyclic) bond motifs is 5. The average Bonchev–Trinajstić information content (AvgIpc) is 3.46. The summed E-state index contributed by atoms with van der Waals surface area (Å²) in [6.07, 6.45) is 2.67. The summed E-state index contributed by atoms with van der Waals surface area (Å²) < 4.78 is 0. The lowest BCUT2D eigenvalue weighted by Gasteiger charge is -2.31. The van der Waals surface area contributed by atoms with Crippen molar-refractivity contribution in [3.05, 3.63) is 74.8 Å². The normalized spacial score (nSPS) is 25.8. The highest BCUT2D eigenvalue weighted by atomic mass is 35.5. The maximum Gasteiger partial charge on any atom is 0.274 e. The molecule has 3 aliphatic rings. The van der Waals surface area contributed by atoms with Crippen LogP contribution in [0.2, 0.25) is 5.02 Å². The Hall–Kier alpha value is -3.26. The van der Waals surface area contributed by atoms with Gasteiger partial charge in [0.1, 0.15) is 0 Å². The zero-order valence-corrected chi connectivity index (χ0v) is 17.8. The smallest absolute Gasteiger partial charge is 0.272 e. The third-order valence-electron chi connectivity index (χ3n) is 6.99. The van der Waals surface area contributed by atoms with Gasteiger partial charge in [0.25, 0.3) is 23.4 Å². The first-order chi connectivity index (χ1) is 15.4. The fraction of sp³-hybridized carbons (Fsp3) is 0.348. The molecular weight excluding hydrogens is 434 g/mol. The molecule has 0 aromatic heterocycles. The van der Waals surface area contributed by atoms with Crippen LogP contribution in [-0.2, 0) is 16.1 Å². The van der Waals surface area contributed by atoms with Crippen LogP contribution < -0.4 is 0 Å². The Morgan fingerprint density at radius 2 is 1.62 bits per heavy atom. The van der Waals surface area contributed by atoms with Crippen LogP contribution in [0.5, 0.6) is 0 Å². The van der Waals surface area contributed by atoms with Crippen molar-refractivity contribution in [2.45, 2.75) is 25.8 Å². The maximum absolute atomic E-state index is 13.6. The van der Waals surface area contributed by atoms with Crippen molar-refractivity contribution in [3.8, 4) is 0 Å². The molecule has 0 unspecified atom stereocenters. The van der Waals surface area contributed by atoms with Crippen LogP contribution in [0, 0.1) is 33.8 Å². The van der Waals surface area contributed by atoms with E-state index in [1.165, 1.54) is 24.3 Å². The van der Waals surface area contributed by atoms with Gasteiger partial charge in [0.2, 0.25) is 0 Å². The fourth-order valence-electron chi connectivity index (χ4n) is 5.62. The van der Waals surface area contributed by atoms with Gasteiger partial charge in [0, 0.05) is 6.07 Å². The third-order valence-corrected chi connectivity index (χ3v) is 7.32. The molecule has 4 atom stereocenters. The van der Waals surface area contributed by atoms with E-state index in [4.69, 9.17) is 11.6 Å². The van der Waals surface area contributed by atoms with Gasteiger partial charge in [-0.05, 0) is 43.2 Å². The summed E-state index contributed by atoms with van der Waals surface area (Å²) >= 11 is 6.24. The first kappa shape index (κ1) is 20.6. The molecule has 9 heteroatoms. The minimum Gasteiger partial charge on any atom is -0.272 e. The molecule has 0 spiro atoms. The molecule has 1 heterocycles. The number of halogens is 1. The summed E-state index contributed by atoms with van der Waals surface area (Å²) in [6.45, 7) is -0.298. The van der Waals surface area contributed by atoms with E-state index in [9.17, 15) is 24.5 Å². The Labute approximate surface area is 188 Å². The van der Waals surface area contributed by atoms with Gasteiger partial charge in [-0.25, -0.2) is 5.01 Å². The largest absolute Gasteiger partial charge is 0.274 e. The molecule has 1 saturated heterocycles. The number of para-hydroxylation sites is 1. The van der Waals surface area contributed by atoms with E-state index in [-0.39, 0.29) is 40.2 Å². The van der Waals surface area contributed by atoms with Crippen LogP contribution in [0.15, 0.2) is 48.5 Å². The molecule has 2 bridgehead atoms. The molecule has 3 amide bonds. The Balaban J connectivity index is 1.57. The molecule has 0 radical (unpaired) electrons. The SMILES string of the molecule is O=C(c1ccccc1Cl)N(Cc1ccccc1[N+](=O)[O-])N1C(=O)[C@H]2[C@H]3CC[C@@H](C3)[C@@H]2C1=O. The predicted octanol–water partition coefficient (Wildman–Crippen LogP) is 3.84. The van der Waals surface area contributed by atoms with Crippen molar-refractivity contribution in [2.24, 2.45) is 23.7 Å². The van der Waals surface area contributed by atoms with Crippen molar-refractivity contribution in [1.82, 2.24) is 10.0 Å². The zero-order valence-electron chi connectivity index (χ0n) is 17.0. The zero-order chi connectivity index (χ0) is 22.6. The lowest BCUT2D eigenvalue weighted by atomic mass is 9.81. The topological polar surface area (TPSA) is 101 Å². The fourth-order valence-corrected chi connectivity index (χ4v) is 5.84. The van der Waals surface area contributed by atoms with Crippen molar-refractivity contribution >= 4 is 35.0 Å². The summed E-state index contributed by atoms with van der Waals surface area (Å²) in [5.74, 6) is -1.99. The number of nitro benzene ring substituents is 1. The Kier molecular flexibility index (Phi) is 4.97. The van der Waals surface area contributed by atoms with Crippen LogP contribution >= 0.6 is 11.6 Å². The highest BCUT2D eigenvalue weighted by Gasteiger charge is 2.62. The summed E-state index contributed by atoms with van der Waals surface area (Å²) in [7, 11) is 0. The Morgan fingerprint density at radius 3 is 2.25 bits per heavy atom. The minimum atomic E-state index is -0.650. The predicted molar refractivity (Wildman–Crippen MR) is 114 cm³/mol. The summed E-state index contributed by atoms with van der Waals surface area (Å²) in [6, 6.07) is 12.3. The lowest BCUT2D eigenvalue weighted by Crippen LogP contribution is -2.50. The molecule has 2 aliphatic carbocycles. The second kappa shape index (κ2) is 7.70. The van der Waals surface area contributed by atoms with Gasteiger partial charge >= 0.3 is 0 Å². The number of imide groups is 1. The van der Waals surface area contributed by atoms with Crippen molar-refractivity contribution < 1.29 is 19.3 Å². The quantitative estimate of drug-likeness (QED) is 0.389. The number of benzene rings is 2. The van der Waals surface area contributed by atoms with E-state index in [1.807, 2.05) is 0 Å². The van der Waals surface area contributed by atoms with E-state index in [0.29, 0.717) is 0 Å². The van der Waals surface area contributed by atoms with E-state index < -0.39 is 34.5 Å². The van der Waals surface area contributed by atoms with E-state index >= 15 is 0 Å². The van der Waals surface area contributed by atoms with Crippen molar-refractivity contribution in [1.29, 1.82) is 0 Å². The molecule has 1 aliphatic heterocycles. The molecule has 5 rings (SSSR count). The number of amides is 3. The number of hydrogen-bond donors (Lipinski definition) is 0. The highest BCUT2D eigenvalue weighted by molar-refractivity contribution is 6.33. The highest BCUT2D eigenvalue weighted by Crippen LogP contribution is 2.56. The lowest BCUT2D eigenvalue weighted by molar-refractivity contribution is -0.385. The summed E-state index contributed by atoms with van der Waals surface area (Å²) in [5, 5.41) is 13.7. The Morgan fingerprint density at radius 1 is 1.03 bits per heavy atom. The molecule has 3 fully saturated rings. The van der Waals surface area contributed by atoms with Crippen LogP contribution in [0.4, 0.5) is 5.69 Å². The van der Waals surface area contributed by atoms with Crippen LogP contribution in [0.1, 0.15) is 35.2 Å². The Bertz CT molecular complexity index is 1120. The average molecular weight is 454 g/mol. The molecule has 164 valence electrons. The van der Waals surface area contributed by atoms with E-state index in [2.05, 4.69) is 0 Å². The molecule has 2 saturated carbocycles. The number of rotatable bonds is 5. The van der Waals surface area contributed by atoms with Crippen LogP contribution in [0.25, 0.3) is 0 Å². The van der Waals surface area contributed by atoms with Crippen molar-refractivity contribution in [2.75, 3.05) is 0 Å². The second-order valence-electron chi connectivity index (χ2n) is 8.60. The van der Waals surface area contributed by atoms with E-state index in [1.54, 1.807) is 24.3 Å². The standard InChI is InChI=1S/C23H20ClN3O5/c24-17-7-3-2-6-16(17)21(28)25(12-15-5-1-4-8-18(15)27(31)32)26-22(29)19-13-9-10-14(11-13)20(19)23(26)30/h1-8,13-14,19-20H,9-12H2/t13-,14-,19-,20-/m0/s1. The van der Waals surface area contributed by atoms with Gasteiger partial charge < -0.3 is 0 Å². The number of carbonyl (C=O) groups excluding carboxylic acids is 3. The summed E-state index contributed by atoms with van der Waals surface area (Å²) in [4.78, 5) is 51.3. The van der Waals surface area contributed by atoms with Crippen LogP contribution in [0.3, 0.4) is 0 Å². The van der Waals surface area contributed by atoms with Crippen LogP contribution in [-0.4, -0.2) is 32.7 Å². The number of carbonyl (C=O) groups is 3. The molecule has 2 aromatic rings. The molecular formula is C23H20ClN3O5. The molecule has 8 nitrogen and oxygen atoms in total. The molecule has 2 aromatic carbocycles. The van der Waals surface area contributed by atoms with Gasteiger partial charge in [-0.3, -0.25) is 24.5 Å². The first-order valence-corrected chi connectivity index (χ1v) is 10.9. The third kappa shape index (κ3) is 3.09. The maximum atomic E-state index is 13.6. The number of hydrogen-bond acceptors (Lipinski definition) is 5. The van der Waals surface area contributed by atoms with Gasteiger partial charge in [0.05, 0.1) is 39.5 Å². The van der Waals surface area contributed by atoms with E-state index in [0.717, 1.165) is 29.3 Å². The van der Waals surface area contributed by atoms with Gasteiger partial charge in [-0.15, -0.1) is 0 Å². The van der Waals surface area contributed by atoms with Gasteiger partial charge in [-0.1, -0.05) is 41.9 Å².